The van der Waals surface area contributed by atoms with Crippen LogP contribution in [0.1, 0.15) is 18.5 Å². The lowest BCUT2D eigenvalue weighted by molar-refractivity contribution is 0.253. The van der Waals surface area contributed by atoms with Crippen molar-refractivity contribution in [1.82, 2.24) is 9.88 Å². The Morgan fingerprint density at radius 1 is 1.62 bits per heavy atom. The van der Waals surface area contributed by atoms with Gasteiger partial charge in [0.05, 0.1) is 5.69 Å². The molecule has 16 heavy (non-hydrogen) atoms. The molecule has 1 aromatic rings. The third-order valence-corrected chi connectivity index (χ3v) is 3.15. The summed E-state index contributed by atoms with van der Waals surface area (Å²) in [6, 6.07) is 1.30. The molecule has 1 atom stereocenters. The van der Waals surface area contributed by atoms with Gasteiger partial charge in [-0.05, 0) is 26.9 Å². The maximum Gasteiger partial charge on any atom is 0.297 e. The van der Waals surface area contributed by atoms with Gasteiger partial charge < -0.3 is 20.0 Å². The van der Waals surface area contributed by atoms with Crippen LogP contribution in [-0.2, 0) is 6.54 Å². The van der Waals surface area contributed by atoms with Crippen molar-refractivity contribution in [2.24, 2.45) is 5.73 Å². The molecule has 1 aliphatic heterocycles. The minimum absolute atomic E-state index is 0.439. The highest BCUT2D eigenvalue weighted by Crippen LogP contribution is 2.20. The van der Waals surface area contributed by atoms with E-state index in [4.69, 9.17) is 10.2 Å². The van der Waals surface area contributed by atoms with E-state index in [9.17, 15) is 0 Å². The molecule has 1 aromatic heterocycles. The van der Waals surface area contributed by atoms with Crippen LogP contribution in [0.3, 0.4) is 0 Å². The van der Waals surface area contributed by atoms with Crippen LogP contribution >= 0.6 is 0 Å². The average Bonchev–Trinajstić information content (AvgIpc) is 2.77. The molecule has 0 saturated carbocycles. The largest absolute Gasteiger partial charge is 0.432 e. The molecule has 0 bridgehead atoms. The predicted molar refractivity (Wildman–Crippen MR) is 63.3 cm³/mol. The maximum atomic E-state index is 5.52. The van der Waals surface area contributed by atoms with Gasteiger partial charge in [-0.3, -0.25) is 0 Å². The molecule has 0 aliphatic carbocycles. The second-order valence-electron chi connectivity index (χ2n) is 4.53. The number of oxazole rings is 1. The van der Waals surface area contributed by atoms with Crippen LogP contribution in [0.5, 0.6) is 0 Å². The Kier molecular flexibility index (Phi) is 3.46. The second-order valence-corrected chi connectivity index (χ2v) is 4.53. The summed E-state index contributed by atoms with van der Waals surface area (Å²) in [5.41, 5.74) is 6.34. The van der Waals surface area contributed by atoms with E-state index >= 15 is 0 Å². The molecule has 1 aliphatic rings. The lowest BCUT2D eigenvalue weighted by Gasteiger charge is -2.35. The first-order valence-electron chi connectivity index (χ1n) is 5.76. The third kappa shape index (κ3) is 2.36. The molecule has 5 nitrogen and oxygen atoms in total. The Morgan fingerprint density at radius 3 is 3.06 bits per heavy atom. The number of anilines is 1. The topological polar surface area (TPSA) is 58.5 Å². The van der Waals surface area contributed by atoms with Crippen molar-refractivity contribution < 1.29 is 4.42 Å². The molecular formula is C11H20N4O. The summed E-state index contributed by atoms with van der Waals surface area (Å²) in [6.45, 7) is 2.45. The van der Waals surface area contributed by atoms with Crippen LogP contribution < -0.4 is 10.6 Å². The van der Waals surface area contributed by atoms with Crippen LogP contribution in [0.4, 0.5) is 6.01 Å². The van der Waals surface area contributed by atoms with Gasteiger partial charge in [-0.1, -0.05) is 0 Å². The zero-order valence-corrected chi connectivity index (χ0v) is 10.0. The SMILES string of the molecule is CN(C)C1CCCN(c2nc(CN)co2)C1. The quantitative estimate of drug-likeness (QED) is 0.817. The van der Waals surface area contributed by atoms with Crippen molar-refractivity contribution >= 4 is 6.01 Å². The first kappa shape index (κ1) is 11.4. The molecule has 0 radical (unpaired) electrons. The highest BCUT2D eigenvalue weighted by Gasteiger charge is 2.24. The van der Waals surface area contributed by atoms with Gasteiger partial charge in [-0.25, -0.2) is 0 Å². The summed E-state index contributed by atoms with van der Waals surface area (Å²) in [5, 5.41) is 0. The lowest BCUT2D eigenvalue weighted by Crippen LogP contribution is -2.45. The lowest BCUT2D eigenvalue weighted by atomic mass is 10.1. The van der Waals surface area contributed by atoms with Gasteiger partial charge in [0.15, 0.2) is 0 Å². The standard InChI is InChI=1S/C11H20N4O/c1-14(2)10-4-3-5-15(7-10)11-13-9(6-12)8-16-11/h8,10H,3-7,12H2,1-2H3. The number of hydrogen-bond acceptors (Lipinski definition) is 5. The fourth-order valence-electron chi connectivity index (χ4n) is 2.09. The third-order valence-electron chi connectivity index (χ3n) is 3.15. The van der Waals surface area contributed by atoms with Gasteiger partial charge in [0, 0.05) is 25.7 Å². The Morgan fingerprint density at radius 2 is 2.44 bits per heavy atom. The van der Waals surface area contributed by atoms with Crippen molar-refractivity contribution in [2.45, 2.75) is 25.4 Å². The number of rotatable bonds is 3. The van der Waals surface area contributed by atoms with E-state index < -0.39 is 0 Å². The molecule has 2 rings (SSSR count). The number of likely N-dealkylation sites (N-methyl/N-ethyl adjacent to an activating group) is 1. The van der Waals surface area contributed by atoms with Gasteiger partial charge in [0.1, 0.15) is 6.26 Å². The van der Waals surface area contributed by atoms with E-state index in [-0.39, 0.29) is 0 Å². The van der Waals surface area contributed by atoms with E-state index in [1.54, 1.807) is 6.26 Å². The summed E-state index contributed by atoms with van der Waals surface area (Å²) in [5.74, 6) is 0. The molecule has 0 spiro atoms. The number of nitrogens with two attached hydrogens (primary N) is 1. The van der Waals surface area contributed by atoms with Gasteiger partial charge >= 0.3 is 0 Å². The van der Waals surface area contributed by atoms with Gasteiger partial charge in [-0.2, -0.15) is 4.98 Å². The zero-order chi connectivity index (χ0) is 11.5. The Hall–Kier alpha value is -1.07. The predicted octanol–water partition coefficient (Wildman–Crippen LogP) is 0.664. The molecule has 90 valence electrons. The fourth-order valence-corrected chi connectivity index (χ4v) is 2.09. The Labute approximate surface area is 96.2 Å². The molecule has 1 saturated heterocycles. The summed E-state index contributed by atoms with van der Waals surface area (Å²) < 4.78 is 5.44. The minimum Gasteiger partial charge on any atom is -0.432 e. The first-order valence-corrected chi connectivity index (χ1v) is 5.76. The van der Waals surface area contributed by atoms with Crippen molar-refractivity contribution in [1.29, 1.82) is 0 Å². The highest BCUT2D eigenvalue weighted by molar-refractivity contribution is 5.28. The average molecular weight is 224 g/mol. The number of nitrogens with zero attached hydrogens (tertiary/aromatic N) is 3. The molecule has 1 fully saturated rings. The summed E-state index contributed by atoms with van der Waals surface area (Å²) >= 11 is 0. The molecule has 5 heteroatoms. The maximum absolute atomic E-state index is 5.52. The van der Waals surface area contributed by atoms with Crippen molar-refractivity contribution in [3.63, 3.8) is 0 Å². The normalized spacial score (nSPS) is 21.8. The summed E-state index contributed by atoms with van der Waals surface area (Å²) in [4.78, 5) is 8.83. The summed E-state index contributed by atoms with van der Waals surface area (Å²) in [7, 11) is 4.24. The number of hydrogen-bond donors (Lipinski definition) is 1. The van der Waals surface area contributed by atoms with E-state index in [1.165, 1.54) is 12.8 Å². The smallest absolute Gasteiger partial charge is 0.297 e. The second kappa shape index (κ2) is 4.84. The van der Waals surface area contributed by atoms with Crippen LogP contribution in [0.25, 0.3) is 0 Å². The van der Waals surface area contributed by atoms with Crippen molar-refractivity contribution in [3.8, 4) is 0 Å². The minimum atomic E-state index is 0.439. The molecule has 2 N–H and O–H groups in total. The van der Waals surface area contributed by atoms with Gasteiger partial charge in [0.2, 0.25) is 0 Å². The van der Waals surface area contributed by atoms with Crippen molar-refractivity contribution in [3.05, 3.63) is 12.0 Å². The molecule has 2 heterocycles. The number of piperidine rings is 1. The van der Waals surface area contributed by atoms with Crippen LogP contribution in [0.2, 0.25) is 0 Å². The molecular weight excluding hydrogens is 204 g/mol. The zero-order valence-electron chi connectivity index (χ0n) is 10.0. The van der Waals surface area contributed by atoms with E-state index in [2.05, 4.69) is 28.9 Å². The monoisotopic (exact) mass is 224 g/mol. The van der Waals surface area contributed by atoms with Gasteiger partial charge in [-0.15, -0.1) is 0 Å². The first-order chi connectivity index (χ1) is 7.70. The van der Waals surface area contributed by atoms with Crippen LogP contribution in [-0.4, -0.2) is 43.1 Å². The highest BCUT2D eigenvalue weighted by atomic mass is 16.4. The Balaban J connectivity index is 2.03. The molecule has 0 amide bonds. The Bertz CT molecular complexity index is 336. The number of aromatic nitrogens is 1. The van der Waals surface area contributed by atoms with E-state index in [1.807, 2.05) is 0 Å². The fraction of sp³-hybridized carbons (Fsp3) is 0.727. The van der Waals surface area contributed by atoms with Crippen LogP contribution in [0, 0.1) is 0 Å². The van der Waals surface area contributed by atoms with Crippen LogP contribution in [0.15, 0.2) is 10.7 Å². The molecule has 1 unspecified atom stereocenters. The summed E-state index contributed by atoms with van der Waals surface area (Å²) in [6.07, 6.45) is 4.08. The molecule has 0 aromatic carbocycles. The van der Waals surface area contributed by atoms with E-state index in [0.717, 1.165) is 18.8 Å². The van der Waals surface area contributed by atoms with E-state index in [0.29, 0.717) is 18.6 Å². The van der Waals surface area contributed by atoms with Crippen molar-refractivity contribution in [2.75, 3.05) is 32.1 Å². The van der Waals surface area contributed by atoms with Gasteiger partial charge in [0.25, 0.3) is 6.01 Å².